The number of hydrogen-bond donors (Lipinski definition) is 0. The smallest absolute Gasteiger partial charge is 0.424 e. The van der Waals surface area contributed by atoms with E-state index in [1.165, 1.54) is 0 Å². The molecule has 0 spiro atoms. The molecule has 2 heterocycles. The number of ether oxygens (including phenoxy) is 1. The number of aromatic nitrogens is 3. The van der Waals surface area contributed by atoms with Gasteiger partial charge in [0.1, 0.15) is 10.8 Å². The van der Waals surface area contributed by atoms with E-state index < -0.39 is 11.9 Å². The van der Waals surface area contributed by atoms with E-state index in [-0.39, 0.29) is 6.01 Å². The van der Waals surface area contributed by atoms with Crippen LogP contribution in [0.5, 0.6) is 11.8 Å². The molecule has 0 unspecified atom stereocenters. The number of para-hydroxylation sites is 1. The van der Waals surface area contributed by atoms with Crippen molar-refractivity contribution in [3.8, 4) is 22.3 Å². The fraction of sp³-hybridized carbons (Fsp3) is 0.0556. The summed E-state index contributed by atoms with van der Waals surface area (Å²) < 4.78 is 44.5. The number of halogens is 3. The van der Waals surface area contributed by atoms with Gasteiger partial charge in [-0.3, -0.25) is 0 Å². The molecule has 2 aromatic carbocycles. The molecule has 0 bridgehead atoms. The maximum atomic E-state index is 12.7. The average Bonchev–Trinajstić information content (AvgIpc) is 3.06. The lowest BCUT2D eigenvalue weighted by Crippen LogP contribution is -2.08. The van der Waals surface area contributed by atoms with Gasteiger partial charge in [0.25, 0.3) is 0 Å². The molecule has 0 saturated heterocycles. The van der Waals surface area contributed by atoms with Gasteiger partial charge in [0, 0.05) is 11.8 Å². The van der Waals surface area contributed by atoms with Gasteiger partial charge in [-0.05, 0) is 42.5 Å². The van der Waals surface area contributed by atoms with Crippen LogP contribution in [0.15, 0.2) is 60.8 Å². The fourth-order valence-corrected chi connectivity index (χ4v) is 3.29. The van der Waals surface area contributed by atoms with Gasteiger partial charge in [-0.1, -0.05) is 12.1 Å². The predicted molar refractivity (Wildman–Crippen MR) is 92.2 cm³/mol. The van der Waals surface area contributed by atoms with Crippen LogP contribution in [-0.4, -0.2) is 15.0 Å². The molecule has 2 aromatic heterocycles. The number of fused-ring (bicyclic) bond motifs is 1. The highest BCUT2D eigenvalue weighted by Crippen LogP contribution is 2.32. The summed E-state index contributed by atoms with van der Waals surface area (Å²) in [6, 6.07) is 15.1. The minimum Gasteiger partial charge on any atom is -0.424 e. The second kappa shape index (κ2) is 6.38. The number of nitrogens with zero attached hydrogens (tertiary/aromatic N) is 3. The molecule has 0 saturated carbocycles. The SMILES string of the molecule is FC(F)(F)c1ccnc(Oc2ccc(-c3nc4ccccc4s3)cc2)n1. The van der Waals surface area contributed by atoms with E-state index in [1.54, 1.807) is 35.6 Å². The van der Waals surface area contributed by atoms with Crippen molar-refractivity contribution in [1.82, 2.24) is 15.0 Å². The molecule has 0 N–H and O–H groups in total. The third-order valence-electron chi connectivity index (χ3n) is 3.53. The van der Waals surface area contributed by atoms with Crippen LogP contribution >= 0.6 is 11.3 Å². The van der Waals surface area contributed by atoms with Crippen LogP contribution in [-0.2, 0) is 6.18 Å². The molecule has 4 aromatic rings. The first-order valence-corrected chi connectivity index (χ1v) is 8.35. The molecule has 0 aliphatic carbocycles. The maximum absolute atomic E-state index is 12.7. The Kier molecular flexibility index (Phi) is 4.04. The Bertz CT molecular complexity index is 1030. The van der Waals surface area contributed by atoms with Crippen molar-refractivity contribution in [2.24, 2.45) is 0 Å². The van der Waals surface area contributed by atoms with E-state index in [0.29, 0.717) is 5.75 Å². The second-order valence-electron chi connectivity index (χ2n) is 5.34. The van der Waals surface area contributed by atoms with Crippen LogP contribution in [0.4, 0.5) is 13.2 Å². The number of benzene rings is 2. The normalized spacial score (nSPS) is 11.7. The number of hydrogen-bond acceptors (Lipinski definition) is 5. The molecule has 0 aliphatic heterocycles. The molecule has 0 atom stereocenters. The Morgan fingerprint density at radius 2 is 1.65 bits per heavy atom. The van der Waals surface area contributed by atoms with Crippen molar-refractivity contribution in [3.63, 3.8) is 0 Å². The lowest BCUT2D eigenvalue weighted by atomic mass is 10.2. The summed E-state index contributed by atoms with van der Waals surface area (Å²) in [6.07, 6.45) is -3.53. The van der Waals surface area contributed by atoms with E-state index in [4.69, 9.17) is 4.74 Å². The molecule has 0 fully saturated rings. The van der Waals surface area contributed by atoms with Crippen LogP contribution in [0.25, 0.3) is 20.8 Å². The molecule has 4 nitrogen and oxygen atoms in total. The summed E-state index contributed by atoms with van der Waals surface area (Å²) >= 11 is 1.56. The van der Waals surface area contributed by atoms with E-state index in [9.17, 15) is 13.2 Å². The standard InChI is InChI=1S/C18H10F3N3OS/c19-18(20,21)15-9-10-22-17(24-15)25-12-7-5-11(6-8-12)16-23-13-3-1-2-4-14(13)26-16/h1-10H. The molecule has 4 rings (SSSR count). The molecule has 0 aliphatic rings. The van der Waals surface area contributed by atoms with E-state index in [2.05, 4.69) is 15.0 Å². The van der Waals surface area contributed by atoms with Crippen LogP contribution in [0.1, 0.15) is 5.69 Å². The quantitative estimate of drug-likeness (QED) is 0.471. The van der Waals surface area contributed by atoms with Gasteiger partial charge >= 0.3 is 12.2 Å². The lowest BCUT2D eigenvalue weighted by Gasteiger charge is -2.08. The summed E-state index contributed by atoms with van der Waals surface area (Å²) in [4.78, 5) is 11.7. The van der Waals surface area contributed by atoms with Crippen molar-refractivity contribution in [2.45, 2.75) is 6.18 Å². The topological polar surface area (TPSA) is 47.9 Å². The monoisotopic (exact) mass is 373 g/mol. The van der Waals surface area contributed by atoms with Crippen molar-refractivity contribution in [1.29, 1.82) is 0 Å². The number of rotatable bonds is 3. The summed E-state index contributed by atoms with van der Waals surface area (Å²) in [7, 11) is 0. The molecule has 0 radical (unpaired) electrons. The summed E-state index contributed by atoms with van der Waals surface area (Å²) in [6.45, 7) is 0. The minimum absolute atomic E-state index is 0.342. The third kappa shape index (κ3) is 3.36. The largest absolute Gasteiger partial charge is 0.433 e. The zero-order valence-electron chi connectivity index (χ0n) is 13.1. The van der Waals surface area contributed by atoms with Gasteiger partial charge < -0.3 is 4.74 Å². The maximum Gasteiger partial charge on any atom is 0.433 e. The van der Waals surface area contributed by atoms with Crippen molar-refractivity contribution >= 4 is 21.6 Å². The Morgan fingerprint density at radius 1 is 0.885 bits per heavy atom. The first-order chi connectivity index (χ1) is 12.5. The molecule has 26 heavy (non-hydrogen) atoms. The first-order valence-electron chi connectivity index (χ1n) is 7.53. The van der Waals surface area contributed by atoms with Gasteiger partial charge in [0.15, 0.2) is 5.69 Å². The summed E-state index contributed by atoms with van der Waals surface area (Å²) in [5, 5.41) is 0.855. The van der Waals surface area contributed by atoms with E-state index in [0.717, 1.165) is 33.1 Å². The highest BCUT2D eigenvalue weighted by atomic mass is 32.1. The first kappa shape index (κ1) is 16.5. The average molecular weight is 373 g/mol. The van der Waals surface area contributed by atoms with Crippen molar-refractivity contribution < 1.29 is 17.9 Å². The Hall–Kier alpha value is -3.00. The van der Waals surface area contributed by atoms with Gasteiger partial charge in [0.05, 0.1) is 10.2 Å². The van der Waals surface area contributed by atoms with Crippen LogP contribution < -0.4 is 4.74 Å². The molecule has 130 valence electrons. The highest BCUT2D eigenvalue weighted by Gasteiger charge is 2.33. The molecule has 0 amide bonds. The summed E-state index contributed by atoms with van der Waals surface area (Å²) in [5.74, 6) is 0.342. The van der Waals surface area contributed by atoms with Gasteiger partial charge in [-0.25, -0.2) is 9.97 Å². The Labute approximate surface area is 150 Å². The Balaban J connectivity index is 1.56. The van der Waals surface area contributed by atoms with Crippen molar-refractivity contribution in [2.75, 3.05) is 0 Å². The third-order valence-corrected chi connectivity index (χ3v) is 4.61. The van der Waals surface area contributed by atoms with Crippen LogP contribution in [0.3, 0.4) is 0 Å². The van der Waals surface area contributed by atoms with Gasteiger partial charge in [-0.2, -0.15) is 18.2 Å². The van der Waals surface area contributed by atoms with Crippen LogP contribution in [0, 0.1) is 0 Å². The molecular weight excluding hydrogens is 363 g/mol. The van der Waals surface area contributed by atoms with Crippen LogP contribution in [0.2, 0.25) is 0 Å². The highest BCUT2D eigenvalue weighted by molar-refractivity contribution is 7.21. The predicted octanol–water partition coefficient (Wildman–Crippen LogP) is 5.56. The van der Waals surface area contributed by atoms with E-state index >= 15 is 0 Å². The number of thiazole rings is 1. The Morgan fingerprint density at radius 3 is 2.38 bits per heavy atom. The van der Waals surface area contributed by atoms with Crippen molar-refractivity contribution in [3.05, 3.63) is 66.5 Å². The zero-order valence-corrected chi connectivity index (χ0v) is 13.9. The lowest BCUT2D eigenvalue weighted by molar-refractivity contribution is -0.141. The minimum atomic E-state index is -4.54. The fourth-order valence-electron chi connectivity index (χ4n) is 2.31. The molecular formula is C18H10F3N3OS. The second-order valence-corrected chi connectivity index (χ2v) is 6.37. The molecule has 8 heteroatoms. The van der Waals surface area contributed by atoms with E-state index in [1.807, 2.05) is 24.3 Å². The van der Waals surface area contributed by atoms with Gasteiger partial charge in [0.2, 0.25) is 0 Å². The van der Waals surface area contributed by atoms with Gasteiger partial charge in [-0.15, -0.1) is 11.3 Å². The zero-order chi connectivity index (χ0) is 18.1. The number of alkyl halides is 3. The summed E-state index contributed by atoms with van der Waals surface area (Å²) in [5.41, 5.74) is 0.766.